The van der Waals surface area contributed by atoms with Crippen molar-refractivity contribution >= 4 is 41.3 Å². The third kappa shape index (κ3) is 11.5. The Balaban J connectivity index is 2.19. The van der Waals surface area contributed by atoms with Crippen LogP contribution in [0, 0.1) is 0 Å². The zero-order valence-electron chi connectivity index (χ0n) is 27.8. The van der Waals surface area contributed by atoms with E-state index in [4.69, 9.17) is 14.2 Å². The lowest BCUT2D eigenvalue weighted by Crippen LogP contribution is -2.56. The molecule has 0 heterocycles. The normalized spacial score (nSPS) is 10.9. The van der Waals surface area contributed by atoms with Crippen molar-refractivity contribution in [2.24, 2.45) is 0 Å². The molecule has 0 bridgehead atoms. The van der Waals surface area contributed by atoms with Gasteiger partial charge in [0.1, 0.15) is 18.8 Å². The quantitative estimate of drug-likeness (QED) is 0.0826. The van der Waals surface area contributed by atoms with Gasteiger partial charge >= 0.3 is 30.0 Å². The number of esters is 3. The van der Waals surface area contributed by atoms with E-state index in [1.807, 2.05) is 38.1 Å². The number of carbonyl (C=O) groups is 5. The van der Waals surface area contributed by atoms with Gasteiger partial charge in [-0.25, -0.2) is 24.0 Å². The van der Waals surface area contributed by atoms with Crippen LogP contribution in [0.1, 0.15) is 59.1 Å². The summed E-state index contributed by atoms with van der Waals surface area (Å²) in [5.74, 6) is -1.90. The van der Waals surface area contributed by atoms with Crippen LogP contribution in [0.25, 0.3) is 0 Å². The average Bonchev–Trinajstić information content (AvgIpc) is 3.01. The van der Waals surface area contributed by atoms with E-state index in [0.717, 1.165) is 11.1 Å². The van der Waals surface area contributed by atoms with E-state index in [0.29, 0.717) is 11.4 Å². The first-order valence-electron chi connectivity index (χ1n) is 14.8. The van der Waals surface area contributed by atoms with Gasteiger partial charge in [-0.3, -0.25) is 0 Å². The van der Waals surface area contributed by atoms with Crippen molar-refractivity contribution in [1.29, 1.82) is 0 Å². The fourth-order valence-corrected chi connectivity index (χ4v) is 4.07. The van der Waals surface area contributed by atoms with Crippen molar-refractivity contribution in [3.05, 3.63) is 96.1 Å². The lowest BCUT2D eigenvalue weighted by atomic mass is 9.78. The van der Waals surface area contributed by atoms with Crippen molar-refractivity contribution in [2.75, 3.05) is 30.6 Å². The molecule has 0 aliphatic carbocycles. The topological polar surface area (TPSA) is 161 Å². The molecule has 0 aromatic heterocycles. The Morgan fingerprint density at radius 1 is 0.681 bits per heavy atom. The predicted octanol–water partition coefficient (Wildman–Crippen LogP) is 5.72. The van der Waals surface area contributed by atoms with Crippen molar-refractivity contribution in [1.82, 2.24) is 10.6 Å². The highest BCUT2D eigenvalue weighted by atomic mass is 16.6. The summed E-state index contributed by atoms with van der Waals surface area (Å²) in [5.41, 5.74) is 1.51. The number of anilines is 2. The molecule has 0 spiro atoms. The SMILES string of the molecule is C=C(C)C(=O)OCNC(=O)Nc1cccc(C(C)(C)c2cccc(NC(=O)NC(CC)(COC(=O)C(=C)C)COC(=O)C(=C)C)c2)c1. The van der Waals surface area contributed by atoms with Crippen LogP contribution in [0.5, 0.6) is 0 Å². The summed E-state index contributed by atoms with van der Waals surface area (Å²) in [6.07, 6.45) is 0.266. The number of ether oxygens (including phenoxy) is 3. The van der Waals surface area contributed by atoms with E-state index in [2.05, 4.69) is 41.0 Å². The summed E-state index contributed by atoms with van der Waals surface area (Å²) in [4.78, 5) is 61.3. The first-order valence-corrected chi connectivity index (χ1v) is 14.8. The molecule has 4 amide bonds. The van der Waals surface area contributed by atoms with Crippen molar-refractivity contribution in [2.45, 2.75) is 58.9 Å². The maximum absolute atomic E-state index is 13.3. The van der Waals surface area contributed by atoms with Crippen LogP contribution in [-0.2, 0) is 34.0 Å². The zero-order valence-corrected chi connectivity index (χ0v) is 27.8. The molecule has 12 heteroatoms. The molecular weight excluding hydrogens is 604 g/mol. The second kappa shape index (κ2) is 16.8. The monoisotopic (exact) mass is 648 g/mol. The zero-order chi connectivity index (χ0) is 35.4. The Morgan fingerprint density at radius 3 is 1.53 bits per heavy atom. The second-order valence-corrected chi connectivity index (χ2v) is 11.7. The molecule has 0 fully saturated rings. The molecule has 252 valence electrons. The van der Waals surface area contributed by atoms with E-state index in [9.17, 15) is 24.0 Å². The number of carbonyl (C=O) groups excluding carboxylic acids is 5. The van der Waals surface area contributed by atoms with Gasteiger partial charge in [-0.2, -0.15) is 0 Å². The van der Waals surface area contributed by atoms with Gasteiger partial charge in [-0.15, -0.1) is 0 Å². The lowest BCUT2D eigenvalue weighted by Gasteiger charge is -2.33. The van der Waals surface area contributed by atoms with Gasteiger partial charge in [0.2, 0.25) is 0 Å². The van der Waals surface area contributed by atoms with E-state index in [1.165, 1.54) is 20.8 Å². The molecule has 0 atom stereocenters. The lowest BCUT2D eigenvalue weighted by molar-refractivity contribution is -0.146. The Morgan fingerprint density at radius 2 is 1.11 bits per heavy atom. The molecule has 0 saturated carbocycles. The summed E-state index contributed by atoms with van der Waals surface area (Å²) in [6, 6.07) is 13.3. The highest BCUT2D eigenvalue weighted by molar-refractivity contribution is 5.91. The first-order chi connectivity index (χ1) is 22.0. The predicted molar refractivity (Wildman–Crippen MR) is 180 cm³/mol. The standard InChI is InChI=1S/C35H44N4O8/c1-10-35(19-45-29(40)22(2)3,20-46-30(41)23(4)5)39-33(44)38-28-16-12-14-26(18-28)34(8,9)25-13-11-15-27(17-25)37-32(43)36-21-47-31(42)24(6)7/h11-18H,2,4,6,10,19-21H2,1,3,5,7-9H3,(H2,36,37,43)(H2,38,39,44). The highest BCUT2D eigenvalue weighted by Crippen LogP contribution is 2.34. The molecule has 47 heavy (non-hydrogen) atoms. The maximum Gasteiger partial charge on any atom is 0.334 e. The Hall–Kier alpha value is -5.39. The Kier molecular flexibility index (Phi) is 13.5. The minimum atomic E-state index is -1.23. The summed E-state index contributed by atoms with van der Waals surface area (Å²) in [7, 11) is 0. The third-order valence-electron chi connectivity index (χ3n) is 7.18. The van der Waals surface area contributed by atoms with Gasteiger partial charge in [0.15, 0.2) is 6.73 Å². The highest BCUT2D eigenvalue weighted by Gasteiger charge is 2.34. The number of nitrogens with one attached hydrogen (secondary N) is 4. The Labute approximate surface area is 275 Å². The number of hydrogen-bond donors (Lipinski definition) is 4. The van der Waals surface area contributed by atoms with Crippen LogP contribution >= 0.6 is 0 Å². The molecule has 2 aromatic rings. The fraction of sp³-hybridized carbons (Fsp3) is 0.343. The fourth-order valence-electron chi connectivity index (χ4n) is 4.07. The molecule has 0 saturated heterocycles. The number of benzene rings is 2. The first kappa shape index (κ1) is 37.8. The maximum atomic E-state index is 13.3. The van der Waals surface area contributed by atoms with Crippen molar-refractivity contribution in [3.8, 4) is 0 Å². The van der Waals surface area contributed by atoms with Gasteiger partial charge in [-0.05, 0) is 62.6 Å². The van der Waals surface area contributed by atoms with E-state index in [-0.39, 0.29) is 43.1 Å². The number of amides is 4. The van der Waals surface area contributed by atoms with Gasteiger partial charge in [-0.1, -0.05) is 64.8 Å². The molecule has 0 unspecified atom stereocenters. The largest absolute Gasteiger partial charge is 0.460 e. The van der Waals surface area contributed by atoms with E-state index < -0.39 is 40.9 Å². The number of urea groups is 2. The molecule has 0 aliphatic heterocycles. The molecule has 4 N–H and O–H groups in total. The van der Waals surface area contributed by atoms with Crippen LogP contribution < -0.4 is 21.3 Å². The van der Waals surface area contributed by atoms with Gasteiger partial charge in [0.05, 0.1) is 0 Å². The van der Waals surface area contributed by atoms with Crippen molar-refractivity contribution < 1.29 is 38.2 Å². The van der Waals surface area contributed by atoms with Gasteiger partial charge in [0.25, 0.3) is 0 Å². The van der Waals surface area contributed by atoms with Crippen LogP contribution in [0.3, 0.4) is 0 Å². The number of rotatable bonds is 15. The van der Waals surface area contributed by atoms with E-state index >= 15 is 0 Å². The van der Waals surface area contributed by atoms with Crippen molar-refractivity contribution in [3.63, 3.8) is 0 Å². The third-order valence-corrected chi connectivity index (χ3v) is 7.18. The minimum Gasteiger partial charge on any atom is -0.460 e. The average molecular weight is 649 g/mol. The molecular formula is C35H44N4O8. The van der Waals surface area contributed by atoms with E-state index in [1.54, 1.807) is 31.2 Å². The second-order valence-electron chi connectivity index (χ2n) is 11.7. The number of hydrogen-bond acceptors (Lipinski definition) is 8. The van der Waals surface area contributed by atoms with Crippen LogP contribution in [0.2, 0.25) is 0 Å². The smallest absolute Gasteiger partial charge is 0.334 e. The summed E-state index contributed by atoms with van der Waals surface area (Å²) in [6.45, 7) is 20.1. The summed E-state index contributed by atoms with van der Waals surface area (Å²) < 4.78 is 15.6. The van der Waals surface area contributed by atoms with Gasteiger partial charge in [0, 0.05) is 33.5 Å². The minimum absolute atomic E-state index is 0.184. The molecule has 2 aromatic carbocycles. The van der Waals surface area contributed by atoms with Gasteiger partial charge < -0.3 is 35.5 Å². The molecule has 2 rings (SSSR count). The van der Waals surface area contributed by atoms with Crippen LogP contribution in [0.4, 0.5) is 21.0 Å². The van der Waals surface area contributed by atoms with Crippen LogP contribution in [0.15, 0.2) is 85.0 Å². The van der Waals surface area contributed by atoms with Crippen LogP contribution in [-0.4, -0.2) is 55.5 Å². The molecule has 0 aliphatic rings. The summed E-state index contributed by atoms with van der Waals surface area (Å²) >= 11 is 0. The molecule has 0 radical (unpaired) electrons. The summed E-state index contributed by atoms with van der Waals surface area (Å²) in [5, 5.41) is 10.8. The molecule has 12 nitrogen and oxygen atoms in total. The Bertz CT molecular complexity index is 1520.